The zero-order valence-electron chi connectivity index (χ0n) is 18.9. The molecule has 0 saturated heterocycles. The van der Waals surface area contributed by atoms with Crippen LogP contribution in [-0.2, 0) is 24.2 Å². The molecule has 4 rings (SSSR count). The minimum atomic E-state index is -0.622. The van der Waals surface area contributed by atoms with Crippen molar-refractivity contribution in [3.63, 3.8) is 0 Å². The summed E-state index contributed by atoms with van der Waals surface area (Å²) in [6.45, 7) is 2.78. The summed E-state index contributed by atoms with van der Waals surface area (Å²) in [6, 6.07) is 11.3. The second-order valence-electron chi connectivity index (χ2n) is 8.47. The van der Waals surface area contributed by atoms with Crippen LogP contribution in [0.15, 0.2) is 36.4 Å². The number of ether oxygens (including phenoxy) is 2. The number of methoxy groups -OCH3 is 2. The van der Waals surface area contributed by atoms with Gasteiger partial charge in [-0.15, -0.1) is 0 Å². The Morgan fingerprint density at radius 3 is 2.50 bits per heavy atom. The summed E-state index contributed by atoms with van der Waals surface area (Å²) in [4.78, 5) is 27.4. The summed E-state index contributed by atoms with van der Waals surface area (Å²) in [6.07, 6.45) is 3.73. The maximum atomic E-state index is 12.9. The van der Waals surface area contributed by atoms with Crippen LogP contribution < -0.4 is 20.1 Å². The predicted molar refractivity (Wildman–Crippen MR) is 122 cm³/mol. The second kappa shape index (κ2) is 9.51. The number of carbonyl (C=O) groups excluding carboxylic acids is 2. The van der Waals surface area contributed by atoms with E-state index in [1.165, 1.54) is 11.1 Å². The lowest BCUT2D eigenvalue weighted by atomic mass is 9.87. The monoisotopic (exact) mass is 437 g/mol. The highest BCUT2D eigenvalue weighted by molar-refractivity contribution is 5.87. The van der Waals surface area contributed by atoms with E-state index in [2.05, 4.69) is 22.8 Å². The molecule has 7 nitrogen and oxygen atoms in total. The number of aryl methyl sites for hydroxylation is 1. The molecule has 3 amide bonds. The summed E-state index contributed by atoms with van der Waals surface area (Å²) < 4.78 is 10.8. The average Bonchev–Trinajstić information content (AvgIpc) is 2.82. The summed E-state index contributed by atoms with van der Waals surface area (Å²) in [7, 11) is 3.22. The fourth-order valence-corrected chi connectivity index (χ4v) is 4.60. The first-order chi connectivity index (χ1) is 15.5. The molecule has 7 heteroatoms. The Morgan fingerprint density at radius 1 is 1.03 bits per heavy atom. The van der Waals surface area contributed by atoms with E-state index in [1.807, 2.05) is 24.3 Å². The molecule has 2 aromatic carbocycles. The fraction of sp³-hybridized carbons (Fsp3) is 0.440. The summed E-state index contributed by atoms with van der Waals surface area (Å²) in [5.74, 6) is 1.18. The molecule has 0 fully saturated rings. The SMILES string of the molecule is COc1cc2c(cc1OC)CN(C(=O)N[C@@H](C)C(=O)N[C@@H]1CCCc3ccccc31)CC2. The van der Waals surface area contributed by atoms with Gasteiger partial charge in [0.1, 0.15) is 6.04 Å². The van der Waals surface area contributed by atoms with Gasteiger partial charge in [-0.25, -0.2) is 4.79 Å². The molecule has 2 aliphatic rings. The summed E-state index contributed by atoms with van der Waals surface area (Å²) in [5, 5.41) is 5.99. The van der Waals surface area contributed by atoms with Crippen molar-refractivity contribution < 1.29 is 19.1 Å². The van der Waals surface area contributed by atoms with Crippen molar-refractivity contribution in [1.29, 1.82) is 0 Å². The van der Waals surface area contributed by atoms with Crippen LogP contribution in [0.3, 0.4) is 0 Å². The van der Waals surface area contributed by atoms with Crippen LogP contribution in [-0.4, -0.2) is 43.6 Å². The number of fused-ring (bicyclic) bond motifs is 2. The molecule has 0 aromatic heterocycles. The molecule has 0 unspecified atom stereocenters. The third-order valence-electron chi connectivity index (χ3n) is 6.42. The van der Waals surface area contributed by atoms with Gasteiger partial charge in [0.05, 0.1) is 20.3 Å². The van der Waals surface area contributed by atoms with Crippen molar-refractivity contribution in [2.24, 2.45) is 0 Å². The van der Waals surface area contributed by atoms with E-state index < -0.39 is 6.04 Å². The molecule has 0 spiro atoms. The lowest BCUT2D eigenvalue weighted by Gasteiger charge is -2.31. The van der Waals surface area contributed by atoms with Gasteiger partial charge in [0.2, 0.25) is 5.91 Å². The Morgan fingerprint density at radius 2 is 1.75 bits per heavy atom. The van der Waals surface area contributed by atoms with Gasteiger partial charge in [0.15, 0.2) is 11.5 Å². The molecule has 2 atom stereocenters. The Bertz CT molecular complexity index is 1010. The second-order valence-corrected chi connectivity index (χ2v) is 8.47. The zero-order valence-corrected chi connectivity index (χ0v) is 18.9. The largest absolute Gasteiger partial charge is 0.493 e. The quantitative estimate of drug-likeness (QED) is 0.752. The van der Waals surface area contributed by atoms with Crippen LogP contribution in [0.5, 0.6) is 11.5 Å². The van der Waals surface area contributed by atoms with E-state index >= 15 is 0 Å². The van der Waals surface area contributed by atoms with Gasteiger partial charge in [-0.2, -0.15) is 0 Å². The predicted octanol–water partition coefficient (Wildman–Crippen LogP) is 3.35. The Labute approximate surface area is 189 Å². The highest BCUT2D eigenvalue weighted by atomic mass is 16.5. The van der Waals surface area contributed by atoms with Gasteiger partial charge in [-0.05, 0) is 67.0 Å². The molecule has 0 radical (unpaired) electrons. The van der Waals surface area contributed by atoms with Crippen LogP contribution >= 0.6 is 0 Å². The topological polar surface area (TPSA) is 79.9 Å². The van der Waals surface area contributed by atoms with E-state index in [9.17, 15) is 9.59 Å². The van der Waals surface area contributed by atoms with Crippen molar-refractivity contribution in [3.05, 3.63) is 58.7 Å². The molecule has 1 heterocycles. The van der Waals surface area contributed by atoms with E-state index in [1.54, 1.807) is 26.0 Å². The average molecular weight is 438 g/mol. The first-order valence-electron chi connectivity index (χ1n) is 11.2. The van der Waals surface area contributed by atoms with Gasteiger partial charge in [0, 0.05) is 13.1 Å². The number of carbonyl (C=O) groups is 2. The summed E-state index contributed by atoms with van der Waals surface area (Å²) >= 11 is 0. The van der Waals surface area contributed by atoms with Gasteiger partial charge in [0.25, 0.3) is 0 Å². The van der Waals surface area contributed by atoms with Gasteiger partial charge >= 0.3 is 6.03 Å². The van der Waals surface area contributed by atoms with Gasteiger partial charge in [-0.1, -0.05) is 24.3 Å². The number of amides is 3. The third-order valence-corrected chi connectivity index (χ3v) is 6.42. The third kappa shape index (κ3) is 4.52. The van der Waals surface area contributed by atoms with Crippen LogP contribution in [0.2, 0.25) is 0 Å². The van der Waals surface area contributed by atoms with Crippen LogP contribution in [0.4, 0.5) is 4.79 Å². The van der Waals surface area contributed by atoms with Crippen molar-refractivity contribution >= 4 is 11.9 Å². The lowest BCUT2D eigenvalue weighted by molar-refractivity contribution is -0.123. The highest BCUT2D eigenvalue weighted by Crippen LogP contribution is 2.33. The minimum Gasteiger partial charge on any atom is -0.493 e. The molecular formula is C25H31N3O4. The molecular weight excluding hydrogens is 406 g/mol. The Balaban J connectivity index is 1.37. The maximum absolute atomic E-state index is 12.9. The number of nitrogens with one attached hydrogen (secondary N) is 2. The standard InChI is InChI=1S/C25H31N3O4/c1-16(24(29)27-21-10-6-8-17-7-4-5-9-20(17)21)26-25(30)28-12-11-18-13-22(31-2)23(32-3)14-19(18)15-28/h4-5,7,9,13-14,16,21H,6,8,10-12,15H2,1-3H3,(H,26,30)(H,27,29)/t16-,21+/m0/s1. The van der Waals surface area contributed by atoms with E-state index in [0.29, 0.717) is 24.6 Å². The van der Waals surface area contributed by atoms with Crippen LogP contribution in [0.25, 0.3) is 0 Å². The van der Waals surface area contributed by atoms with E-state index in [4.69, 9.17) is 9.47 Å². The smallest absolute Gasteiger partial charge is 0.318 e. The molecule has 0 saturated carbocycles. The molecule has 0 bridgehead atoms. The maximum Gasteiger partial charge on any atom is 0.318 e. The molecule has 2 aromatic rings. The van der Waals surface area contributed by atoms with E-state index in [-0.39, 0.29) is 18.0 Å². The molecule has 32 heavy (non-hydrogen) atoms. The lowest BCUT2D eigenvalue weighted by Crippen LogP contribution is -2.51. The number of urea groups is 1. The van der Waals surface area contributed by atoms with Crippen molar-refractivity contribution in [2.45, 2.75) is 51.2 Å². The number of hydrogen-bond acceptors (Lipinski definition) is 4. The molecule has 1 aliphatic heterocycles. The van der Waals surface area contributed by atoms with Crippen molar-refractivity contribution in [2.75, 3.05) is 20.8 Å². The fourth-order valence-electron chi connectivity index (χ4n) is 4.60. The van der Waals surface area contributed by atoms with Crippen molar-refractivity contribution in [3.8, 4) is 11.5 Å². The van der Waals surface area contributed by atoms with Gasteiger partial charge in [-0.3, -0.25) is 4.79 Å². The zero-order chi connectivity index (χ0) is 22.7. The highest BCUT2D eigenvalue weighted by Gasteiger charge is 2.27. The first-order valence-corrected chi connectivity index (χ1v) is 11.2. The minimum absolute atomic E-state index is 0.00360. The normalized spacial score (nSPS) is 18.1. The Kier molecular flexibility index (Phi) is 6.53. The number of rotatable bonds is 5. The molecule has 2 N–H and O–H groups in total. The Hall–Kier alpha value is -3.22. The number of benzene rings is 2. The van der Waals surface area contributed by atoms with Crippen molar-refractivity contribution in [1.82, 2.24) is 15.5 Å². The summed E-state index contributed by atoms with van der Waals surface area (Å²) in [5.41, 5.74) is 4.65. The van der Waals surface area contributed by atoms with Gasteiger partial charge < -0.3 is 25.0 Å². The van der Waals surface area contributed by atoms with E-state index in [0.717, 1.165) is 36.8 Å². The van der Waals surface area contributed by atoms with Crippen LogP contribution in [0.1, 0.15) is 48.1 Å². The molecule has 170 valence electrons. The molecule has 1 aliphatic carbocycles. The number of nitrogens with zero attached hydrogens (tertiary/aromatic N) is 1. The first kappa shape index (κ1) is 22.0. The number of hydrogen-bond donors (Lipinski definition) is 2. The van der Waals surface area contributed by atoms with Crippen LogP contribution in [0, 0.1) is 0 Å².